The highest BCUT2D eigenvalue weighted by atomic mass is 127. The number of nitrogens with one attached hydrogen (secondary N) is 2. The van der Waals surface area contributed by atoms with Crippen LogP contribution < -0.4 is 5.43 Å². The highest BCUT2D eigenvalue weighted by Gasteiger charge is 2.07. The zero-order valence-electron chi connectivity index (χ0n) is 11.9. The summed E-state index contributed by atoms with van der Waals surface area (Å²) in [6.45, 7) is 0. The maximum atomic E-state index is 4.41. The van der Waals surface area contributed by atoms with E-state index in [1.54, 1.807) is 6.21 Å². The van der Waals surface area contributed by atoms with Crippen LogP contribution in [0.2, 0.25) is 0 Å². The van der Waals surface area contributed by atoms with Crippen LogP contribution in [0.15, 0.2) is 53.6 Å². The SMILES string of the molecule is Ic1cccc(C=NNc2nnc3c(n2)[nH]c2ccccc23)c1. The molecule has 0 spiro atoms. The molecule has 6 nitrogen and oxygen atoms in total. The summed E-state index contributed by atoms with van der Waals surface area (Å²) < 4.78 is 1.16. The second-order valence-electron chi connectivity index (χ2n) is 4.93. The minimum atomic E-state index is 0.353. The van der Waals surface area contributed by atoms with Gasteiger partial charge in [0.2, 0.25) is 0 Å². The normalized spacial score (nSPS) is 11.5. The summed E-state index contributed by atoms with van der Waals surface area (Å²) in [6.07, 6.45) is 1.72. The van der Waals surface area contributed by atoms with Crippen LogP contribution in [0.5, 0.6) is 0 Å². The lowest BCUT2D eigenvalue weighted by molar-refractivity contribution is 1.01. The first kappa shape index (κ1) is 14.1. The molecule has 4 rings (SSSR count). The van der Waals surface area contributed by atoms with Gasteiger partial charge in [0.05, 0.1) is 6.21 Å². The lowest BCUT2D eigenvalue weighted by atomic mass is 10.2. The number of hydrazone groups is 1. The summed E-state index contributed by atoms with van der Waals surface area (Å²) in [5.74, 6) is 0.353. The van der Waals surface area contributed by atoms with Gasteiger partial charge in [0.25, 0.3) is 5.95 Å². The molecule has 0 aliphatic rings. The number of benzene rings is 2. The predicted octanol–water partition coefficient (Wildman–Crippen LogP) is 3.56. The molecule has 0 amide bonds. The Morgan fingerprint density at radius 1 is 1.09 bits per heavy atom. The number of anilines is 1. The molecule has 4 aromatic rings. The molecule has 2 N–H and O–H groups in total. The lowest BCUT2D eigenvalue weighted by Crippen LogP contribution is -1.99. The minimum absolute atomic E-state index is 0.353. The second kappa shape index (κ2) is 5.92. The van der Waals surface area contributed by atoms with Crippen molar-refractivity contribution in [1.29, 1.82) is 0 Å². The zero-order chi connectivity index (χ0) is 15.6. The van der Waals surface area contributed by atoms with E-state index in [9.17, 15) is 0 Å². The van der Waals surface area contributed by atoms with Gasteiger partial charge in [-0.2, -0.15) is 10.1 Å². The molecule has 0 unspecified atom stereocenters. The van der Waals surface area contributed by atoms with Gasteiger partial charge in [-0.05, 0) is 46.4 Å². The molecule has 0 aliphatic heterocycles. The van der Waals surface area contributed by atoms with Crippen LogP contribution in [0.1, 0.15) is 5.56 Å². The quantitative estimate of drug-likeness (QED) is 0.305. The van der Waals surface area contributed by atoms with Gasteiger partial charge >= 0.3 is 0 Å². The van der Waals surface area contributed by atoms with Gasteiger partial charge in [0, 0.05) is 14.5 Å². The molecule has 2 heterocycles. The van der Waals surface area contributed by atoms with Crippen molar-refractivity contribution in [1.82, 2.24) is 20.2 Å². The number of halogens is 1. The van der Waals surface area contributed by atoms with Crippen molar-refractivity contribution in [2.75, 3.05) is 5.43 Å². The zero-order valence-corrected chi connectivity index (χ0v) is 14.0. The van der Waals surface area contributed by atoms with Crippen molar-refractivity contribution >= 4 is 56.8 Å². The van der Waals surface area contributed by atoms with Crippen LogP contribution in [0.3, 0.4) is 0 Å². The van der Waals surface area contributed by atoms with Crippen LogP contribution in [-0.2, 0) is 0 Å². The number of aromatic nitrogens is 4. The molecule has 2 aromatic carbocycles. The van der Waals surface area contributed by atoms with Crippen LogP contribution >= 0.6 is 22.6 Å². The molecule has 0 atom stereocenters. The molecule has 0 aliphatic carbocycles. The van der Waals surface area contributed by atoms with E-state index in [2.05, 4.69) is 53.3 Å². The molecule has 0 radical (unpaired) electrons. The van der Waals surface area contributed by atoms with E-state index >= 15 is 0 Å². The standard InChI is InChI=1S/C16H11IN6/c17-11-5-3-4-10(8-11)9-18-22-16-20-15-14(21-23-16)12-6-1-2-7-13(12)19-15/h1-9H,(H2,19,20,22,23). The maximum Gasteiger partial charge on any atom is 0.265 e. The van der Waals surface area contributed by atoms with Gasteiger partial charge < -0.3 is 4.98 Å². The summed E-state index contributed by atoms with van der Waals surface area (Å²) in [7, 11) is 0. The first-order valence-corrected chi connectivity index (χ1v) is 8.03. The van der Waals surface area contributed by atoms with E-state index in [4.69, 9.17) is 0 Å². The molecule has 0 fully saturated rings. The molecule has 23 heavy (non-hydrogen) atoms. The van der Waals surface area contributed by atoms with E-state index in [0.717, 1.165) is 25.6 Å². The fourth-order valence-electron chi connectivity index (χ4n) is 2.32. The molecule has 0 saturated heterocycles. The van der Waals surface area contributed by atoms with Gasteiger partial charge in [0.15, 0.2) is 5.65 Å². The van der Waals surface area contributed by atoms with Crippen molar-refractivity contribution in [2.24, 2.45) is 5.10 Å². The smallest absolute Gasteiger partial charge is 0.265 e. The first-order chi connectivity index (χ1) is 11.3. The molecular weight excluding hydrogens is 403 g/mol. The Morgan fingerprint density at radius 2 is 2.00 bits per heavy atom. The number of para-hydroxylation sites is 1. The second-order valence-corrected chi connectivity index (χ2v) is 6.17. The number of H-pyrrole nitrogens is 1. The van der Waals surface area contributed by atoms with Crippen molar-refractivity contribution in [3.63, 3.8) is 0 Å². The molecule has 112 valence electrons. The Labute approximate surface area is 145 Å². The molecule has 2 aromatic heterocycles. The molecular formula is C16H11IN6. The van der Waals surface area contributed by atoms with Gasteiger partial charge in [-0.1, -0.05) is 30.3 Å². The number of rotatable bonds is 3. The molecule has 0 bridgehead atoms. The summed E-state index contributed by atoms with van der Waals surface area (Å²) in [5.41, 5.74) is 6.25. The average Bonchev–Trinajstić information content (AvgIpc) is 2.92. The molecule has 7 heteroatoms. The summed E-state index contributed by atoms with van der Waals surface area (Å²) in [6, 6.07) is 15.9. The fourth-order valence-corrected chi connectivity index (χ4v) is 2.89. The maximum absolute atomic E-state index is 4.41. The number of fused-ring (bicyclic) bond motifs is 3. The number of aromatic amines is 1. The highest BCUT2D eigenvalue weighted by molar-refractivity contribution is 14.1. The summed E-state index contributed by atoms with van der Waals surface area (Å²) in [5, 5.41) is 13.5. The Balaban J connectivity index is 1.61. The third-order valence-corrected chi connectivity index (χ3v) is 4.02. The van der Waals surface area contributed by atoms with Crippen LogP contribution in [-0.4, -0.2) is 26.4 Å². The Morgan fingerprint density at radius 3 is 2.91 bits per heavy atom. The van der Waals surface area contributed by atoms with Crippen LogP contribution in [0.25, 0.3) is 22.1 Å². The van der Waals surface area contributed by atoms with E-state index in [0.29, 0.717) is 11.6 Å². The van der Waals surface area contributed by atoms with Gasteiger partial charge in [-0.25, -0.2) is 5.43 Å². The first-order valence-electron chi connectivity index (χ1n) is 6.95. The third-order valence-electron chi connectivity index (χ3n) is 3.35. The highest BCUT2D eigenvalue weighted by Crippen LogP contribution is 2.21. The summed E-state index contributed by atoms with van der Waals surface area (Å²) in [4.78, 5) is 7.63. The van der Waals surface area contributed by atoms with E-state index in [1.807, 2.05) is 48.5 Å². The monoisotopic (exact) mass is 414 g/mol. The van der Waals surface area contributed by atoms with Crippen molar-refractivity contribution < 1.29 is 0 Å². The third kappa shape index (κ3) is 2.87. The summed E-state index contributed by atoms with van der Waals surface area (Å²) >= 11 is 2.26. The Bertz CT molecular complexity index is 1020. The fraction of sp³-hybridized carbons (Fsp3) is 0. The van der Waals surface area contributed by atoms with Gasteiger partial charge in [-0.3, -0.25) is 0 Å². The Kier molecular flexibility index (Phi) is 3.62. The van der Waals surface area contributed by atoms with E-state index in [1.165, 1.54) is 0 Å². The lowest BCUT2D eigenvalue weighted by Gasteiger charge is -1.97. The van der Waals surface area contributed by atoms with Crippen molar-refractivity contribution in [2.45, 2.75) is 0 Å². The number of nitrogens with zero attached hydrogens (tertiary/aromatic N) is 4. The topological polar surface area (TPSA) is 78.8 Å². The number of hydrogen-bond acceptors (Lipinski definition) is 5. The van der Waals surface area contributed by atoms with E-state index in [-0.39, 0.29) is 0 Å². The average molecular weight is 414 g/mol. The van der Waals surface area contributed by atoms with Crippen molar-refractivity contribution in [3.8, 4) is 0 Å². The van der Waals surface area contributed by atoms with Crippen molar-refractivity contribution in [3.05, 3.63) is 57.7 Å². The largest absolute Gasteiger partial charge is 0.338 e. The van der Waals surface area contributed by atoms with Crippen LogP contribution in [0.4, 0.5) is 5.95 Å². The Hall–Kier alpha value is -2.55. The van der Waals surface area contributed by atoms with E-state index < -0.39 is 0 Å². The molecule has 0 saturated carbocycles. The number of hydrogen-bond donors (Lipinski definition) is 2. The minimum Gasteiger partial charge on any atom is -0.338 e. The van der Waals surface area contributed by atoms with Gasteiger partial charge in [0.1, 0.15) is 5.52 Å². The van der Waals surface area contributed by atoms with Gasteiger partial charge in [-0.15, -0.1) is 10.2 Å². The predicted molar refractivity (Wildman–Crippen MR) is 99.6 cm³/mol. The van der Waals surface area contributed by atoms with Crippen LogP contribution in [0, 0.1) is 3.57 Å².